The predicted molar refractivity (Wildman–Crippen MR) is 87.1 cm³/mol. The Balaban J connectivity index is 1.98. The highest BCUT2D eigenvalue weighted by atomic mass is 35.5. The van der Waals surface area contributed by atoms with Crippen molar-refractivity contribution in [3.8, 4) is 0 Å². The lowest BCUT2D eigenvalue weighted by atomic mass is 10.1. The van der Waals surface area contributed by atoms with Gasteiger partial charge in [0.2, 0.25) is 15.8 Å². The summed E-state index contributed by atoms with van der Waals surface area (Å²) in [4.78, 5) is 18.9. The van der Waals surface area contributed by atoms with Gasteiger partial charge >= 0.3 is 0 Å². The average Bonchev–Trinajstić information content (AvgIpc) is 2.55. The first-order chi connectivity index (χ1) is 11.3. The van der Waals surface area contributed by atoms with Gasteiger partial charge in [0.05, 0.1) is 23.5 Å². The van der Waals surface area contributed by atoms with E-state index in [-0.39, 0.29) is 33.9 Å². The number of sulfonamides is 1. The summed E-state index contributed by atoms with van der Waals surface area (Å²) in [6, 6.07) is 4.24. The lowest BCUT2D eigenvalue weighted by molar-refractivity contribution is 0.0989. The van der Waals surface area contributed by atoms with Crippen molar-refractivity contribution < 1.29 is 13.2 Å². The van der Waals surface area contributed by atoms with Crippen LogP contribution in [-0.2, 0) is 23.0 Å². The highest BCUT2D eigenvalue weighted by Gasteiger charge is 2.31. The Morgan fingerprint density at radius 2 is 2.08 bits per heavy atom. The zero-order valence-electron chi connectivity index (χ0n) is 12.2. The van der Waals surface area contributed by atoms with Gasteiger partial charge in [-0.25, -0.2) is 18.4 Å². The maximum atomic E-state index is 12.8. The zero-order chi connectivity index (χ0) is 17.5. The van der Waals surface area contributed by atoms with Crippen LogP contribution < -0.4 is 5.73 Å². The van der Waals surface area contributed by atoms with Gasteiger partial charge < -0.3 is 5.73 Å². The van der Waals surface area contributed by atoms with Gasteiger partial charge in [-0.1, -0.05) is 23.2 Å². The third kappa shape index (κ3) is 3.10. The van der Waals surface area contributed by atoms with Crippen LogP contribution >= 0.6 is 23.2 Å². The fraction of sp³-hybridized carbons (Fsp3) is 0.214. The Labute approximate surface area is 148 Å². The summed E-state index contributed by atoms with van der Waals surface area (Å²) in [6.45, 7) is 0.188. The van der Waals surface area contributed by atoms with Crippen LogP contribution in [0.15, 0.2) is 23.1 Å². The van der Waals surface area contributed by atoms with Crippen LogP contribution in [0.25, 0.3) is 0 Å². The van der Waals surface area contributed by atoms with Gasteiger partial charge in [0, 0.05) is 17.1 Å². The van der Waals surface area contributed by atoms with Crippen molar-refractivity contribution in [1.82, 2.24) is 14.3 Å². The molecule has 0 saturated heterocycles. The monoisotopic (exact) mass is 385 g/mol. The van der Waals surface area contributed by atoms with Crippen molar-refractivity contribution in [2.45, 2.75) is 17.9 Å². The van der Waals surface area contributed by atoms with E-state index in [0.717, 1.165) is 0 Å². The maximum absolute atomic E-state index is 12.8. The summed E-state index contributed by atoms with van der Waals surface area (Å²) in [6.07, 6.45) is 3.06. The lowest BCUT2D eigenvalue weighted by Crippen LogP contribution is -2.37. The van der Waals surface area contributed by atoms with Crippen LogP contribution in [0.5, 0.6) is 0 Å². The molecule has 1 radical (unpaired) electrons. The van der Waals surface area contributed by atoms with Gasteiger partial charge in [0.1, 0.15) is 4.90 Å². The summed E-state index contributed by atoms with van der Waals surface area (Å²) in [7, 11) is -3.86. The standard InChI is InChI=1S/C14H11Cl2N4O3S/c15-9-1-2-10(16)12(5-9)24(22,23)20-4-3-8-6-18-14(13(17)21)19-11(8)7-20/h1-2,5H,3-4,7H2,(H2,17,21). The van der Waals surface area contributed by atoms with Crippen LogP contribution in [0.4, 0.5) is 0 Å². The molecule has 0 atom stereocenters. The molecule has 0 bridgehead atoms. The number of hydrogen-bond donors (Lipinski definition) is 1. The van der Waals surface area contributed by atoms with Crippen LogP contribution in [0.1, 0.15) is 21.9 Å². The lowest BCUT2D eigenvalue weighted by Gasteiger charge is -2.27. The molecule has 0 unspecified atom stereocenters. The molecule has 7 nitrogen and oxygen atoms in total. The Hall–Kier alpha value is -1.74. The SMILES string of the molecule is NC(=O)c1n[c]c2c(n1)CN(S(=O)(=O)c1cc(Cl)ccc1Cl)CC2. The average molecular weight is 386 g/mol. The molecule has 0 fully saturated rings. The first-order valence-electron chi connectivity index (χ1n) is 6.81. The number of hydrogen-bond acceptors (Lipinski definition) is 5. The third-order valence-electron chi connectivity index (χ3n) is 3.55. The van der Waals surface area contributed by atoms with Crippen LogP contribution in [0.3, 0.4) is 0 Å². The van der Waals surface area contributed by atoms with Crippen molar-refractivity contribution >= 4 is 39.1 Å². The molecule has 1 aromatic carbocycles. The normalized spacial score (nSPS) is 15.1. The van der Waals surface area contributed by atoms with E-state index in [4.69, 9.17) is 28.9 Å². The molecule has 1 aromatic heterocycles. The third-order valence-corrected chi connectivity index (χ3v) is 6.12. The molecule has 0 saturated carbocycles. The van der Waals surface area contributed by atoms with E-state index in [9.17, 15) is 13.2 Å². The smallest absolute Gasteiger partial charge is 0.286 e. The summed E-state index contributed by atoms with van der Waals surface area (Å²) in [5.41, 5.74) is 6.20. The number of primary amides is 1. The number of fused-ring (bicyclic) bond motifs is 1. The number of nitrogens with two attached hydrogens (primary N) is 1. The van der Waals surface area contributed by atoms with Gasteiger partial charge in [-0.2, -0.15) is 4.31 Å². The van der Waals surface area contributed by atoms with E-state index >= 15 is 0 Å². The van der Waals surface area contributed by atoms with Crippen molar-refractivity contribution in [3.05, 3.63) is 51.5 Å². The molecule has 1 aliphatic rings. The molecule has 2 aromatic rings. The number of amides is 1. The molecular formula is C14H11Cl2N4O3S. The Kier molecular flexibility index (Phi) is 4.48. The van der Waals surface area contributed by atoms with E-state index in [2.05, 4.69) is 16.2 Å². The first kappa shape index (κ1) is 17.1. The fourth-order valence-corrected chi connectivity index (χ4v) is 4.49. The van der Waals surface area contributed by atoms with Crippen molar-refractivity contribution in [1.29, 1.82) is 0 Å². The molecule has 2 heterocycles. The summed E-state index contributed by atoms with van der Waals surface area (Å²) < 4.78 is 26.9. The molecule has 3 rings (SSSR count). The fourth-order valence-electron chi connectivity index (χ4n) is 2.35. The second-order valence-electron chi connectivity index (χ2n) is 5.11. The molecule has 1 aliphatic heterocycles. The predicted octanol–water partition coefficient (Wildman–Crippen LogP) is 1.43. The molecule has 0 spiro atoms. The van der Waals surface area contributed by atoms with Gasteiger partial charge in [-0.3, -0.25) is 4.79 Å². The summed E-state index contributed by atoms with van der Waals surface area (Å²) >= 11 is 11.9. The quantitative estimate of drug-likeness (QED) is 0.859. The highest BCUT2D eigenvalue weighted by molar-refractivity contribution is 7.89. The van der Waals surface area contributed by atoms with Crippen molar-refractivity contribution in [2.24, 2.45) is 5.73 Å². The van der Waals surface area contributed by atoms with E-state index < -0.39 is 15.9 Å². The van der Waals surface area contributed by atoms with Crippen LogP contribution in [0.2, 0.25) is 10.0 Å². The van der Waals surface area contributed by atoms with Crippen molar-refractivity contribution in [3.63, 3.8) is 0 Å². The minimum atomic E-state index is -3.86. The number of rotatable bonds is 3. The number of halogens is 2. The first-order valence-corrected chi connectivity index (χ1v) is 9.01. The Morgan fingerprint density at radius 1 is 1.33 bits per heavy atom. The van der Waals surface area contributed by atoms with Crippen LogP contribution in [-0.4, -0.2) is 35.1 Å². The number of nitrogens with zero attached hydrogens (tertiary/aromatic N) is 3. The number of benzene rings is 1. The largest absolute Gasteiger partial charge is 0.363 e. The Morgan fingerprint density at radius 3 is 2.79 bits per heavy atom. The van der Waals surface area contributed by atoms with Gasteiger partial charge in [0.15, 0.2) is 0 Å². The number of carbonyl (C=O) groups is 1. The molecule has 2 N–H and O–H groups in total. The van der Waals surface area contributed by atoms with Gasteiger partial charge in [-0.05, 0) is 24.6 Å². The number of aromatic nitrogens is 2. The van der Waals surface area contributed by atoms with E-state index in [0.29, 0.717) is 17.7 Å². The van der Waals surface area contributed by atoms with Crippen LogP contribution in [0, 0.1) is 6.20 Å². The molecule has 10 heteroatoms. The van der Waals surface area contributed by atoms with Gasteiger partial charge in [0.25, 0.3) is 5.91 Å². The number of carbonyl (C=O) groups excluding carboxylic acids is 1. The second-order valence-corrected chi connectivity index (χ2v) is 7.86. The molecular weight excluding hydrogens is 375 g/mol. The van der Waals surface area contributed by atoms with E-state index in [1.165, 1.54) is 22.5 Å². The maximum Gasteiger partial charge on any atom is 0.286 e. The Bertz CT molecular complexity index is 934. The van der Waals surface area contributed by atoms with Gasteiger partial charge in [-0.15, -0.1) is 0 Å². The van der Waals surface area contributed by atoms with E-state index in [1.54, 1.807) is 0 Å². The minimum Gasteiger partial charge on any atom is -0.363 e. The minimum absolute atomic E-state index is 0.0280. The summed E-state index contributed by atoms with van der Waals surface area (Å²) in [5.74, 6) is -0.999. The summed E-state index contributed by atoms with van der Waals surface area (Å²) in [5, 5.41) is 0.347. The molecule has 0 aliphatic carbocycles. The molecule has 125 valence electrons. The topological polar surface area (TPSA) is 106 Å². The molecule has 24 heavy (non-hydrogen) atoms. The highest BCUT2D eigenvalue weighted by Crippen LogP contribution is 2.30. The zero-order valence-corrected chi connectivity index (χ0v) is 14.5. The van der Waals surface area contributed by atoms with Crippen molar-refractivity contribution in [2.75, 3.05) is 6.54 Å². The second kappa shape index (κ2) is 6.29. The van der Waals surface area contributed by atoms with E-state index in [1.807, 2.05) is 0 Å². The molecule has 1 amide bonds.